The summed E-state index contributed by atoms with van der Waals surface area (Å²) < 4.78 is 7.42. The van der Waals surface area contributed by atoms with Gasteiger partial charge in [0.25, 0.3) is 0 Å². The van der Waals surface area contributed by atoms with Crippen LogP contribution in [0.2, 0.25) is 0 Å². The monoisotopic (exact) mass is 388 g/mol. The van der Waals surface area contributed by atoms with Gasteiger partial charge in [0.05, 0.1) is 24.7 Å². The van der Waals surface area contributed by atoms with Crippen molar-refractivity contribution in [2.45, 2.75) is 32.0 Å². The number of aryl methyl sites for hydroxylation is 1. The molecule has 1 N–H and O–H groups in total. The van der Waals surface area contributed by atoms with Crippen LogP contribution in [0.5, 0.6) is 0 Å². The van der Waals surface area contributed by atoms with E-state index in [1.165, 1.54) is 22.9 Å². The van der Waals surface area contributed by atoms with Gasteiger partial charge in [-0.2, -0.15) is 0 Å². The smallest absolute Gasteiger partial charge is 0.230 e. The highest BCUT2D eigenvalue weighted by molar-refractivity contribution is 7.99. The van der Waals surface area contributed by atoms with Crippen molar-refractivity contribution in [2.24, 2.45) is 0 Å². The van der Waals surface area contributed by atoms with E-state index in [4.69, 9.17) is 4.74 Å². The molecular formula is C20H28N4O2S. The Labute approximate surface area is 165 Å². The lowest BCUT2D eigenvalue weighted by atomic mass is 10.1. The summed E-state index contributed by atoms with van der Waals surface area (Å²) in [4.78, 5) is 19.1. The highest BCUT2D eigenvalue weighted by atomic mass is 32.2. The van der Waals surface area contributed by atoms with Crippen LogP contribution in [0.3, 0.4) is 0 Å². The van der Waals surface area contributed by atoms with Crippen LogP contribution < -0.4 is 5.32 Å². The second kappa shape index (κ2) is 9.39. The molecule has 2 heterocycles. The van der Waals surface area contributed by atoms with Crippen LogP contribution in [0.15, 0.2) is 35.7 Å². The number of thioether (sulfide) groups is 1. The standard InChI is InChI=1S/C20H28N4O2S/c1-15-5-4-6-18(17(15)3)24-8-7-21-20(24)27-14-19(25)22-16(2)13-23-9-11-26-12-10-23/h4-8,16H,9-14H2,1-3H3,(H,22,25). The zero-order valence-electron chi connectivity index (χ0n) is 16.3. The number of hydrogen-bond acceptors (Lipinski definition) is 5. The van der Waals surface area contributed by atoms with Gasteiger partial charge in [-0.25, -0.2) is 4.98 Å². The quantitative estimate of drug-likeness (QED) is 0.738. The maximum absolute atomic E-state index is 12.3. The number of carbonyl (C=O) groups is 1. The zero-order chi connectivity index (χ0) is 19.2. The number of amides is 1. The Bertz CT molecular complexity index is 771. The minimum atomic E-state index is 0.0382. The van der Waals surface area contributed by atoms with Crippen LogP contribution in [0.4, 0.5) is 0 Å². The molecule has 146 valence electrons. The van der Waals surface area contributed by atoms with E-state index in [1.807, 2.05) is 12.3 Å². The fourth-order valence-electron chi connectivity index (χ4n) is 3.24. The molecule has 1 fully saturated rings. The Balaban J connectivity index is 1.54. The number of carbonyl (C=O) groups excluding carboxylic acids is 1. The van der Waals surface area contributed by atoms with Crippen molar-refractivity contribution in [3.8, 4) is 5.69 Å². The molecule has 1 amide bonds. The van der Waals surface area contributed by atoms with Gasteiger partial charge >= 0.3 is 0 Å². The molecule has 1 saturated heterocycles. The highest BCUT2D eigenvalue weighted by Gasteiger charge is 2.16. The average Bonchev–Trinajstić information content (AvgIpc) is 3.11. The molecule has 1 atom stereocenters. The summed E-state index contributed by atoms with van der Waals surface area (Å²) in [5.41, 5.74) is 3.57. The van der Waals surface area contributed by atoms with Crippen LogP contribution in [0, 0.1) is 13.8 Å². The van der Waals surface area contributed by atoms with Crippen molar-refractivity contribution in [1.29, 1.82) is 0 Å². The predicted octanol–water partition coefficient (Wildman–Crippen LogP) is 2.42. The molecule has 1 aromatic carbocycles. The Morgan fingerprint density at radius 1 is 1.33 bits per heavy atom. The topological polar surface area (TPSA) is 59.4 Å². The van der Waals surface area contributed by atoms with Crippen LogP contribution in [0.25, 0.3) is 5.69 Å². The van der Waals surface area contributed by atoms with Gasteiger partial charge in [-0.3, -0.25) is 14.3 Å². The van der Waals surface area contributed by atoms with E-state index in [0.717, 1.165) is 43.7 Å². The molecule has 0 spiro atoms. The third kappa shape index (κ3) is 5.34. The number of benzene rings is 1. The Hall–Kier alpha value is -1.83. The first-order chi connectivity index (χ1) is 13.0. The Morgan fingerprint density at radius 2 is 2.11 bits per heavy atom. The van der Waals surface area contributed by atoms with Gasteiger partial charge in [0, 0.05) is 38.1 Å². The van der Waals surface area contributed by atoms with E-state index in [9.17, 15) is 4.79 Å². The van der Waals surface area contributed by atoms with E-state index < -0.39 is 0 Å². The maximum Gasteiger partial charge on any atom is 0.230 e. The Kier molecular flexibility index (Phi) is 6.93. The molecule has 7 heteroatoms. The lowest BCUT2D eigenvalue weighted by Gasteiger charge is -2.29. The third-order valence-electron chi connectivity index (χ3n) is 4.82. The van der Waals surface area contributed by atoms with Crippen LogP contribution in [-0.4, -0.2) is 65.0 Å². The fraction of sp³-hybridized carbons (Fsp3) is 0.500. The van der Waals surface area contributed by atoms with Gasteiger partial charge in [-0.05, 0) is 38.0 Å². The number of nitrogens with zero attached hydrogens (tertiary/aromatic N) is 3. The summed E-state index contributed by atoms with van der Waals surface area (Å²) in [5.74, 6) is 0.395. The molecule has 3 rings (SSSR count). The first-order valence-corrected chi connectivity index (χ1v) is 10.4. The van der Waals surface area contributed by atoms with E-state index in [0.29, 0.717) is 5.75 Å². The highest BCUT2D eigenvalue weighted by Crippen LogP contribution is 2.24. The van der Waals surface area contributed by atoms with E-state index in [2.05, 4.69) is 52.7 Å². The third-order valence-corrected chi connectivity index (χ3v) is 5.78. The van der Waals surface area contributed by atoms with E-state index in [1.54, 1.807) is 6.20 Å². The minimum Gasteiger partial charge on any atom is -0.379 e. The summed E-state index contributed by atoms with van der Waals surface area (Å²) in [5, 5.41) is 3.92. The fourth-order valence-corrected chi connectivity index (χ4v) is 4.02. The van der Waals surface area contributed by atoms with Gasteiger partial charge in [0.1, 0.15) is 0 Å². The van der Waals surface area contributed by atoms with Crippen molar-refractivity contribution in [3.05, 3.63) is 41.7 Å². The van der Waals surface area contributed by atoms with Crippen molar-refractivity contribution in [1.82, 2.24) is 19.8 Å². The molecule has 0 aliphatic carbocycles. The average molecular weight is 389 g/mol. The Morgan fingerprint density at radius 3 is 2.89 bits per heavy atom. The second-order valence-electron chi connectivity index (χ2n) is 6.97. The summed E-state index contributed by atoms with van der Waals surface area (Å²) in [7, 11) is 0. The maximum atomic E-state index is 12.3. The van der Waals surface area contributed by atoms with Crippen molar-refractivity contribution >= 4 is 17.7 Å². The summed E-state index contributed by atoms with van der Waals surface area (Å²) in [6, 6.07) is 6.35. The van der Waals surface area contributed by atoms with Gasteiger partial charge in [0.15, 0.2) is 5.16 Å². The number of imidazole rings is 1. The zero-order valence-corrected chi connectivity index (χ0v) is 17.1. The molecule has 1 aliphatic rings. The van der Waals surface area contributed by atoms with Crippen molar-refractivity contribution in [2.75, 3.05) is 38.6 Å². The summed E-state index contributed by atoms with van der Waals surface area (Å²) in [6.07, 6.45) is 3.73. The van der Waals surface area contributed by atoms with Crippen molar-refractivity contribution in [3.63, 3.8) is 0 Å². The molecule has 0 bridgehead atoms. The first-order valence-electron chi connectivity index (χ1n) is 9.37. The molecule has 1 unspecified atom stereocenters. The van der Waals surface area contributed by atoms with E-state index in [-0.39, 0.29) is 11.9 Å². The van der Waals surface area contributed by atoms with Crippen LogP contribution >= 0.6 is 11.8 Å². The minimum absolute atomic E-state index is 0.0382. The molecule has 27 heavy (non-hydrogen) atoms. The molecule has 6 nitrogen and oxygen atoms in total. The SMILES string of the molecule is Cc1cccc(-n2ccnc2SCC(=O)NC(C)CN2CCOCC2)c1C. The van der Waals surface area contributed by atoms with Gasteiger partial charge in [-0.1, -0.05) is 23.9 Å². The number of ether oxygens (including phenoxy) is 1. The van der Waals surface area contributed by atoms with Crippen molar-refractivity contribution < 1.29 is 9.53 Å². The van der Waals surface area contributed by atoms with Crippen LogP contribution in [-0.2, 0) is 9.53 Å². The molecule has 1 aliphatic heterocycles. The largest absolute Gasteiger partial charge is 0.379 e. The number of nitrogens with one attached hydrogen (secondary N) is 1. The molecule has 2 aromatic rings. The summed E-state index contributed by atoms with van der Waals surface area (Å²) in [6.45, 7) is 10.5. The number of hydrogen-bond donors (Lipinski definition) is 1. The van der Waals surface area contributed by atoms with Gasteiger partial charge in [0.2, 0.25) is 5.91 Å². The molecule has 0 radical (unpaired) electrons. The predicted molar refractivity (Wildman–Crippen MR) is 109 cm³/mol. The summed E-state index contributed by atoms with van der Waals surface area (Å²) >= 11 is 1.47. The molecule has 1 aromatic heterocycles. The first kappa shape index (κ1) is 19.9. The number of rotatable bonds is 7. The normalized spacial score (nSPS) is 16.3. The van der Waals surface area contributed by atoms with Gasteiger partial charge in [-0.15, -0.1) is 0 Å². The molecule has 0 saturated carbocycles. The van der Waals surface area contributed by atoms with E-state index >= 15 is 0 Å². The van der Waals surface area contributed by atoms with Gasteiger partial charge < -0.3 is 10.1 Å². The lowest BCUT2D eigenvalue weighted by molar-refractivity contribution is -0.119. The lowest BCUT2D eigenvalue weighted by Crippen LogP contribution is -2.46. The molecular weight excluding hydrogens is 360 g/mol. The second-order valence-corrected chi connectivity index (χ2v) is 7.91. The van der Waals surface area contributed by atoms with Crippen LogP contribution in [0.1, 0.15) is 18.1 Å². The number of aromatic nitrogens is 2. The number of morpholine rings is 1.